The first-order chi connectivity index (χ1) is 17.3. The molecule has 4 nitrogen and oxygen atoms in total. The molecule has 1 aliphatic rings. The summed E-state index contributed by atoms with van der Waals surface area (Å²) in [6.45, 7) is 1.64. The molecule has 0 unspecified atom stereocenters. The van der Waals surface area contributed by atoms with Gasteiger partial charge in [0.25, 0.3) is 0 Å². The van der Waals surface area contributed by atoms with Crippen LogP contribution in [0.2, 0.25) is 0 Å². The van der Waals surface area contributed by atoms with Crippen molar-refractivity contribution in [2.45, 2.75) is 44.7 Å². The number of aliphatic hydroxyl groups is 1. The molecule has 2 atom stereocenters. The minimum absolute atomic E-state index is 0.0132. The van der Waals surface area contributed by atoms with Gasteiger partial charge in [-0.15, -0.1) is 0 Å². The van der Waals surface area contributed by atoms with Crippen LogP contribution < -0.4 is 14.8 Å². The normalized spacial score (nSPS) is 16.9. The third kappa shape index (κ3) is 5.73. The van der Waals surface area contributed by atoms with E-state index in [2.05, 4.69) is 41.7 Å². The summed E-state index contributed by atoms with van der Waals surface area (Å²) in [5.41, 5.74) is 5.36. The third-order valence-corrected chi connectivity index (χ3v) is 6.54. The van der Waals surface area contributed by atoms with E-state index in [1.165, 1.54) is 5.56 Å². The fourth-order valence-corrected chi connectivity index (χ4v) is 4.63. The molecular weight excluding hydrogens is 434 g/mol. The Labute approximate surface area is 207 Å². The smallest absolute Gasteiger partial charge is 0.165 e. The van der Waals surface area contributed by atoms with Crippen molar-refractivity contribution < 1.29 is 14.6 Å². The van der Waals surface area contributed by atoms with Crippen LogP contribution in [0.3, 0.4) is 0 Å². The van der Waals surface area contributed by atoms with E-state index in [0.29, 0.717) is 19.0 Å². The van der Waals surface area contributed by atoms with Gasteiger partial charge in [0.1, 0.15) is 13.2 Å². The van der Waals surface area contributed by atoms with Crippen molar-refractivity contribution in [2.24, 2.45) is 0 Å². The second kappa shape index (κ2) is 11.2. The van der Waals surface area contributed by atoms with Crippen molar-refractivity contribution in [3.8, 4) is 11.5 Å². The maximum atomic E-state index is 11.2. The summed E-state index contributed by atoms with van der Waals surface area (Å²) in [4.78, 5) is 0. The lowest BCUT2D eigenvalue weighted by Crippen LogP contribution is -2.38. The highest BCUT2D eigenvalue weighted by Crippen LogP contribution is 2.42. The molecule has 4 aromatic rings. The molecule has 2 N–H and O–H groups in total. The first-order valence-electron chi connectivity index (χ1n) is 12.2. The van der Waals surface area contributed by atoms with Gasteiger partial charge in [-0.2, -0.15) is 0 Å². The molecule has 178 valence electrons. The Hall–Kier alpha value is -3.60. The van der Waals surface area contributed by atoms with Crippen molar-refractivity contribution in [3.63, 3.8) is 0 Å². The van der Waals surface area contributed by atoms with Gasteiger partial charge in [-0.05, 0) is 41.2 Å². The molecule has 0 amide bonds. The summed E-state index contributed by atoms with van der Waals surface area (Å²) < 4.78 is 12.6. The predicted molar refractivity (Wildman–Crippen MR) is 138 cm³/mol. The highest BCUT2D eigenvalue weighted by Gasteiger charge is 2.31. The monoisotopic (exact) mass is 465 g/mol. The molecule has 1 aliphatic carbocycles. The highest BCUT2D eigenvalue weighted by molar-refractivity contribution is 5.53. The number of fused-ring (bicyclic) bond motifs is 1. The second-order valence-corrected chi connectivity index (χ2v) is 8.97. The van der Waals surface area contributed by atoms with Gasteiger partial charge >= 0.3 is 0 Å². The van der Waals surface area contributed by atoms with E-state index in [4.69, 9.17) is 9.47 Å². The van der Waals surface area contributed by atoms with E-state index in [9.17, 15) is 5.11 Å². The molecule has 0 fully saturated rings. The first-order valence-corrected chi connectivity index (χ1v) is 12.2. The quantitative estimate of drug-likeness (QED) is 0.319. The number of nitrogens with one attached hydrogen (secondary N) is 1. The van der Waals surface area contributed by atoms with Crippen molar-refractivity contribution in [1.82, 2.24) is 5.32 Å². The average molecular weight is 466 g/mol. The number of aliphatic hydroxyl groups excluding tert-OH is 1. The van der Waals surface area contributed by atoms with Crippen molar-refractivity contribution in [3.05, 3.63) is 131 Å². The van der Waals surface area contributed by atoms with Crippen LogP contribution in [-0.4, -0.2) is 11.1 Å². The van der Waals surface area contributed by atoms with Gasteiger partial charge < -0.3 is 19.9 Å². The number of rotatable bonds is 9. The van der Waals surface area contributed by atoms with Gasteiger partial charge in [-0.3, -0.25) is 0 Å². The van der Waals surface area contributed by atoms with Crippen molar-refractivity contribution in [2.75, 3.05) is 0 Å². The zero-order chi connectivity index (χ0) is 23.9. The molecule has 0 radical (unpaired) electrons. The molecule has 0 heterocycles. The van der Waals surface area contributed by atoms with E-state index in [0.717, 1.165) is 47.4 Å². The molecule has 0 aliphatic heterocycles. The molecule has 4 heteroatoms. The van der Waals surface area contributed by atoms with E-state index in [1.807, 2.05) is 66.7 Å². The maximum Gasteiger partial charge on any atom is 0.165 e. The van der Waals surface area contributed by atoms with Crippen LogP contribution >= 0.6 is 0 Å². The summed E-state index contributed by atoms with van der Waals surface area (Å²) in [5.74, 6) is 1.45. The fourth-order valence-electron chi connectivity index (χ4n) is 4.63. The Morgan fingerprint density at radius 3 is 1.89 bits per heavy atom. The lowest BCUT2D eigenvalue weighted by Gasteiger charge is -2.32. The Balaban J connectivity index is 1.37. The number of hydrogen-bond donors (Lipinski definition) is 2. The highest BCUT2D eigenvalue weighted by atomic mass is 16.5. The van der Waals surface area contributed by atoms with Gasteiger partial charge in [0.15, 0.2) is 11.5 Å². The largest absolute Gasteiger partial charge is 0.485 e. The molecule has 5 rings (SSSR count). The number of hydrogen-bond acceptors (Lipinski definition) is 4. The summed E-state index contributed by atoms with van der Waals surface area (Å²) in [5, 5.41) is 14.8. The molecule has 0 bridgehead atoms. The second-order valence-electron chi connectivity index (χ2n) is 8.97. The molecule has 0 aromatic heterocycles. The minimum Gasteiger partial charge on any atom is -0.485 e. The molecule has 0 saturated heterocycles. The summed E-state index contributed by atoms with van der Waals surface area (Å²) >= 11 is 0. The van der Waals surface area contributed by atoms with E-state index < -0.39 is 6.10 Å². The Morgan fingerprint density at radius 2 is 1.26 bits per heavy atom. The van der Waals surface area contributed by atoms with E-state index >= 15 is 0 Å². The maximum absolute atomic E-state index is 11.2. The fraction of sp³-hybridized carbons (Fsp3) is 0.226. The van der Waals surface area contributed by atoms with Gasteiger partial charge in [-0.25, -0.2) is 0 Å². The lowest BCUT2D eigenvalue weighted by atomic mass is 9.85. The minimum atomic E-state index is -0.607. The van der Waals surface area contributed by atoms with Gasteiger partial charge in [0.05, 0.1) is 6.10 Å². The number of ether oxygens (including phenoxy) is 2. The Bertz CT molecular complexity index is 1210. The van der Waals surface area contributed by atoms with Crippen molar-refractivity contribution in [1.29, 1.82) is 0 Å². The summed E-state index contributed by atoms with van der Waals surface area (Å²) in [7, 11) is 0. The number of benzene rings is 4. The van der Waals surface area contributed by atoms with Crippen LogP contribution in [0, 0.1) is 0 Å². The zero-order valence-corrected chi connectivity index (χ0v) is 19.8. The summed E-state index contributed by atoms with van der Waals surface area (Å²) in [6, 6.07) is 34.5. The molecule has 0 saturated carbocycles. The van der Waals surface area contributed by atoms with Crippen molar-refractivity contribution >= 4 is 0 Å². The topological polar surface area (TPSA) is 50.7 Å². The Kier molecular flexibility index (Phi) is 7.42. The SMILES string of the molecule is O[C@H]1c2ccc(OCc3ccccc3)c(OCc3ccccc3)c2CC[C@@H]1NCc1ccccc1. The summed E-state index contributed by atoms with van der Waals surface area (Å²) in [6.07, 6.45) is 1.03. The van der Waals surface area contributed by atoms with E-state index in [1.54, 1.807) is 0 Å². The molecular formula is C31H31NO3. The van der Waals surface area contributed by atoms with Gasteiger partial charge in [-0.1, -0.05) is 97.1 Å². The van der Waals surface area contributed by atoms with Crippen LogP contribution in [0.5, 0.6) is 11.5 Å². The van der Waals surface area contributed by atoms with Crippen LogP contribution in [0.25, 0.3) is 0 Å². The van der Waals surface area contributed by atoms with Gasteiger partial charge in [0, 0.05) is 18.2 Å². The Morgan fingerprint density at radius 1 is 0.686 bits per heavy atom. The first kappa shape index (κ1) is 23.2. The molecule has 35 heavy (non-hydrogen) atoms. The molecule has 0 spiro atoms. The average Bonchev–Trinajstić information content (AvgIpc) is 2.92. The van der Waals surface area contributed by atoms with Crippen LogP contribution in [-0.2, 0) is 26.2 Å². The van der Waals surface area contributed by atoms with Gasteiger partial charge in [0.2, 0.25) is 0 Å². The lowest BCUT2D eigenvalue weighted by molar-refractivity contribution is 0.112. The van der Waals surface area contributed by atoms with Crippen LogP contribution in [0.4, 0.5) is 0 Å². The zero-order valence-electron chi connectivity index (χ0n) is 19.8. The van der Waals surface area contributed by atoms with E-state index in [-0.39, 0.29) is 6.04 Å². The predicted octanol–water partition coefficient (Wildman–Crippen LogP) is 5.98. The molecule has 4 aromatic carbocycles. The van der Waals surface area contributed by atoms with Crippen LogP contribution in [0.1, 0.15) is 40.3 Å². The third-order valence-electron chi connectivity index (χ3n) is 6.54. The standard InChI is InChI=1S/C31H31NO3/c33-30-26-17-19-29(34-21-24-12-6-2-7-13-24)31(35-22-25-14-8-3-9-15-25)27(26)16-18-28(30)32-20-23-10-4-1-5-11-23/h1-15,17,19,28,30,32-33H,16,18,20-22H2/t28-,30-/m0/s1. The van der Waals surface area contributed by atoms with Crippen LogP contribution in [0.15, 0.2) is 103 Å².